The third kappa shape index (κ3) is 5.04. The highest BCUT2D eigenvalue weighted by Gasteiger charge is 2.25. The van der Waals surface area contributed by atoms with E-state index in [9.17, 15) is 0 Å². The fraction of sp³-hybridized carbons (Fsp3) is 0. The Labute approximate surface area is 351 Å². The monoisotopic (exact) mass is 776 g/mol. The van der Waals surface area contributed by atoms with Gasteiger partial charge in [0, 0.05) is 55.9 Å². The molecule has 0 N–H and O–H groups in total. The zero-order valence-corrected chi connectivity index (χ0v) is 33.1. The fourth-order valence-electron chi connectivity index (χ4n) is 10.1. The highest BCUT2D eigenvalue weighted by atomic mass is 16.3. The van der Waals surface area contributed by atoms with Gasteiger partial charge in [0.1, 0.15) is 11.2 Å². The van der Waals surface area contributed by atoms with Crippen LogP contribution >= 0.6 is 0 Å². The molecule has 284 valence electrons. The largest absolute Gasteiger partial charge is 0.456 e. The van der Waals surface area contributed by atoms with Crippen LogP contribution in [0.2, 0.25) is 0 Å². The molecular formula is C58H36N2O. The van der Waals surface area contributed by atoms with E-state index >= 15 is 0 Å². The quantitative estimate of drug-likeness (QED) is 0.162. The van der Waals surface area contributed by atoms with E-state index in [-0.39, 0.29) is 0 Å². The summed E-state index contributed by atoms with van der Waals surface area (Å²) in [5.41, 5.74) is 10.7. The van der Waals surface area contributed by atoms with Crippen LogP contribution in [0.25, 0.3) is 104 Å². The average molecular weight is 777 g/mol. The van der Waals surface area contributed by atoms with Crippen molar-refractivity contribution >= 4 is 104 Å². The molecule has 0 aliphatic heterocycles. The lowest BCUT2D eigenvalue weighted by atomic mass is 9.91. The summed E-state index contributed by atoms with van der Waals surface area (Å²) in [6, 6.07) is 79.2. The van der Waals surface area contributed by atoms with Crippen LogP contribution in [-0.4, -0.2) is 4.57 Å². The maximum Gasteiger partial charge on any atom is 0.138 e. The van der Waals surface area contributed by atoms with E-state index in [1.165, 1.54) is 65.0 Å². The second-order valence-electron chi connectivity index (χ2n) is 16.0. The van der Waals surface area contributed by atoms with Gasteiger partial charge in [0.25, 0.3) is 0 Å². The minimum atomic E-state index is 0.874. The highest BCUT2D eigenvalue weighted by Crippen LogP contribution is 2.49. The summed E-state index contributed by atoms with van der Waals surface area (Å²) in [5.74, 6) is 0. The van der Waals surface area contributed by atoms with Crippen molar-refractivity contribution in [2.75, 3.05) is 4.90 Å². The van der Waals surface area contributed by atoms with Crippen molar-refractivity contribution in [3.05, 3.63) is 218 Å². The van der Waals surface area contributed by atoms with Gasteiger partial charge in [0.05, 0.1) is 11.0 Å². The lowest BCUT2D eigenvalue weighted by Crippen LogP contribution is -2.10. The number of anilines is 3. The van der Waals surface area contributed by atoms with Gasteiger partial charge in [0.2, 0.25) is 0 Å². The van der Waals surface area contributed by atoms with Gasteiger partial charge in [-0.1, -0.05) is 158 Å². The standard InChI is InChI=1S/C58H36N2O/c1-3-18-38(19-4-1)59(40-30-32-47-45-25-10-9-23-43(45)44-24-11-12-26-46(44)51(47)34-40)41-31-33-49-52(35-41)60(39-20-5-2-6-21-39)53-36-55-57(50-27-13-14-29-54(50)61-55)58(56(49)53)48-28-15-17-37-16-7-8-22-42(37)48/h1-36H. The summed E-state index contributed by atoms with van der Waals surface area (Å²) in [6.07, 6.45) is 0. The third-order valence-corrected chi connectivity index (χ3v) is 12.7. The van der Waals surface area contributed by atoms with Crippen LogP contribution in [0, 0.1) is 0 Å². The van der Waals surface area contributed by atoms with Crippen molar-refractivity contribution in [2.45, 2.75) is 0 Å². The second-order valence-corrected chi connectivity index (χ2v) is 16.0. The molecule has 0 bridgehead atoms. The molecule has 11 aromatic carbocycles. The topological polar surface area (TPSA) is 21.3 Å². The van der Waals surface area contributed by atoms with E-state index < -0.39 is 0 Å². The molecule has 0 unspecified atom stereocenters. The molecule has 0 spiro atoms. The zero-order valence-electron chi connectivity index (χ0n) is 33.1. The van der Waals surface area contributed by atoms with E-state index in [0.29, 0.717) is 0 Å². The Kier molecular flexibility index (Phi) is 7.31. The molecule has 0 fully saturated rings. The van der Waals surface area contributed by atoms with E-state index in [2.05, 4.69) is 228 Å². The number of benzene rings is 11. The summed E-state index contributed by atoms with van der Waals surface area (Å²) in [5, 5.41) is 14.6. The molecule has 3 nitrogen and oxygen atoms in total. The minimum Gasteiger partial charge on any atom is -0.456 e. The van der Waals surface area contributed by atoms with Gasteiger partial charge in [-0.3, -0.25) is 0 Å². The maximum absolute atomic E-state index is 6.77. The first kappa shape index (κ1) is 33.8. The number of aromatic nitrogens is 1. The summed E-state index contributed by atoms with van der Waals surface area (Å²) in [4.78, 5) is 2.40. The number of para-hydroxylation sites is 3. The van der Waals surface area contributed by atoms with Crippen LogP contribution in [0.15, 0.2) is 223 Å². The maximum atomic E-state index is 6.77. The zero-order chi connectivity index (χ0) is 40.0. The molecule has 3 heteroatoms. The minimum absolute atomic E-state index is 0.874. The number of rotatable bonds is 5. The molecule has 0 saturated carbocycles. The Morgan fingerprint density at radius 1 is 0.328 bits per heavy atom. The Hall–Kier alpha value is -8.14. The Balaban J connectivity index is 1.14. The van der Waals surface area contributed by atoms with Crippen molar-refractivity contribution in [1.82, 2.24) is 4.57 Å². The van der Waals surface area contributed by atoms with Crippen LogP contribution in [0.5, 0.6) is 0 Å². The Morgan fingerprint density at radius 2 is 0.885 bits per heavy atom. The van der Waals surface area contributed by atoms with Crippen LogP contribution in [0.4, 0.5) is 17.1 Å². The van der Waals surface area contributed by atoms with E-state index in [0.717, 1.165) is 55.7 Å². The van der Waals surface area contributed by atoms with Gasteiger partial charge in [0.15, 0.2) is 0 Å². The van der Waals surface area contributed by atoms with Crippen LogP contribution < -0.4 is 4.90 Å². The first-order valence-corrected chi connectivity index (χ1v) is 20.9. The molecule has 2 heterocycles. The van der Waals surface area contributed by atoms with Gasteiger partial charge < -0.3 is 13.9 Å². The van der Waals surface area contributed by atoms with Crippen molar-refractivity contribution in [3.63, 3.8) is 0 Å². The lowest BCUT2D eigenvalue weighted by molar-refractivity contribution is 0.669. The number of hydrogen-bond acceptors (Lipinski definition) is 2. The highest BCUT2D eigenvalue weighted by molar-refractivity contribution is 6.29. The lowest BCUT2D eigenvalue weighted by Gasteiger charge is -2.26. The van der Waals surface area contributed by atoms with Gasteiger partial charge in [-0.2, -0.15) is 0 Å². The van der Waals surface area contributed by atoms with Gasteiger partial charge in [-0.05, 0) is 103 Å². The Bertz CT molecular complexity index is 3840. The van der Waals surface area contributed by atoms with E-state index in [1.54, 1.807) is 0 Å². The number of nitrogens with zero attached hydrogens (tertiary/aromatic N) is 2. The molecule has 13 aromatic rings. The first-order valence-electron chi connectivity index (χ1n) is 20.9. The fourth-order valence-corrected chi connectivity index (χ4v) is 10.1. The third-order valence-electron chi connectivity index (χ3n) is 12.7. The van der Waals surface area contributed by atoms with Crippen molar-refractivity contribution in [3.8, 4) is 16.8 Å². The predicted octanol–water partition coefficient (Wildman–Crippen LogP) is 16.4. The summed E-state index contributed by atoms with van der Waals surface area (Å²) < 4.78 is 9.20. The van der Waals surface area contributed by atoms with Crippen LogP contribution in [0.3, 0.4) is 0 Å². The van der Waals surface area contributed by atoms with Crippen LogP contribution in [0.1, 0.15) is 0 Å². The molecule has 0 aliphatic rings. The summed E-state index contributed by atoms with van der Waals surface area (Å²) in [7, 11) is 0. The predicted molar refractivity (Wildman–Crippen MR) is 258 cm³/mol. The molecule has 0 saturated heterocycles. The molecule has 0 atom stereocenters. The number of hydrogen-bond donors (Lipinski definition) is 0. The van der Waals surface area contributed by atoms with Crippen LogP contribution in [-0.2, 0) is 0 Å². The molecule has 2 aromatic heterocycles. The number of fused-ring (bicyclic) bond motifs is 13. The summed E-state index contributed by atoms with van der Waals surface area (Å²) in [6.45, 7) is 0. The van der Waals surface area contributed by atoms with Gasteiger partial charge >= 0.3 is 0 Å². The molecule has 61 heavy (non-hydrogen) atoms. The summed E-state index contributed by atoms with van der Waals surface area (Å²) >= 11 is 0. The molecule has 0 amide bonds. The number of furan rings is 1. The second kappa shape index (κ2) is 13.2. The molecular weight excluding hydrogens is 741 g/mol. The normalized spacial score (nSPS) is 11.9. The average Bonchev–Trinajstić information content (AvgIpc) is 3.86. The van der Waals surface area contributed by atoms with Crippen molar-refractivity contribution in [2.24, 2.45) is 0 Å². The first-order chi connectivity index (χ1) is 30.3. The molecule has 0 radical (unpaired) electrons. The van der Waals surface area contributed by atoms with Gasteiger partial charge in [-0.15, -0.1) is 0 Å². The van der Waals surface area contributed by atoms with Crippen molar-refractivity contribution < 1.29 is 4.42 Å². The molecule has 13 rings (SSSR count). The Morgan fingerprint density at radius 3 is 1.62 bits per heavy atom. The smallest absolute Gasteiger partial charge is 0.138 e. The SMILES string of the molecule is c1ccc(N(c2ccc3c4ccccc4c4ccccc4c3c2)c2ccc3c4c(-c5cccc6ccccc56)c5c(cc4n(-c4ccccc4)c3c2)oc2ccccc25)cc1. The molecule has 0 aliphatic carbocycles. The van der Waals surface area contributed by atoms with Crippen molar-refractivity contribution in [1.29, 1.82) is 0 Å². The van der Waals surface area contributed by atoms with Gasteiger partial charge in [-0.25, -0.2) is 0 Å². The van der Waals surface area contributed by atoms with E-state index in [4.69, 9.17) is 4.42 Å². The van der Waals surface area contributed by atoms with E-state index in [1.807, 2.05) is 0 Å².